The van der Waals surface area contributed by atoms with Gasteiger partial charge >= 0.3 is 0 Å². The summed E-state index contributed by atoms with van der Waals surface area (Å²) >= 11 is 0. The maximum Gasteiger partial charge on any atom is 0.243 e. The highest BCUT2D eigenvalue weighted by Gasteiger charge is 2.41. The standard InChI is InChI=1S/C16H15N3O2S/c20-22(21,14-7-8-14)19(13-5-3-9-17-11-13)16-10-12-4-1-2-6-15(12)18-16/h1-6,9-11,14,18H,7-8H2. The van der Waals surface area contributed by atoms with E-state index >= 15 is 0 Å². The fourth-order valence-corrected chi connectivity index (χ4v) is 4.38. The van der Waals surface area contributed by atoms with Gasteiger partial charge in [0, 0.05) is 17.1 Å². The van der Waals surface area contributed by atoms with Gasteiger partial charge in [0.2, 0.25) is 10.0 Å². The van der Waals surface area contributed by atoms with Crippen molar-refractivity contribution in [1.29, 1.82) is 0 Å². The van der Waals surface area contributed by atoms with Crippen molar-refractivity contribution in [2.45, 2.75) is 18.1 Å². The molecule has 2 aromatic heterocycles. The molecule has 6 heteroatoms. The fourth-order valence-electron chi connectivity index (χ4n) is 2.58. The number of nitrogens with zero attached hydrogens (tertiary/aromatic N) is 2. The number of anilines is 2. The summed E-state index contributed by atoms with van der Waals surface area (Å²) in [6.07, 6.45) is 4.65. The van der Waals surface area contributed by atoms with Gasteiger partial charge in [-0.15, -0.1) is 0 Å². The number of fused-ring (bicyclic) bond motifs is 1. The van der Waals surface area contributed by atoms with E-state index < -0.39 is 10.0 Å². The molecule has 0 aliphatic heterocycles. The minimum atomic E-state index is -3.42. The Balaban J connectivity index is 1.90. The summed E-state index contributed by atoms with van der Waals surface area (Å²) < 4.78 is 27.1. The monoisotopic (exact) mass is 313 g/mol. The summed E-state index contributed by atoms with van der Waals surface area (Å²) in [7, 11) is -3.42. The minimum absolute atomic E-state index is 0.292. The van der Waals surface area contributed by atoms with Gasteiger partial charge in [-0.3, -0.25) is 4.98 Å². The number of benzene rings is 1. The first kappa shape index (κ1) is 13.3. The average molecular weight is 313 g/mol. The van der Waals surface area contributed by atoms with E-state index in [4.69, 9.17) is 0 Å². The number of hydrogen-bond acceptors (Lipinski definition) is 3. The van der Waals surface area contributed by atoms with Gasteiger partial charge in [0.25, 0.3) is 0 Å². The third kappa shape index (κ3) is 2.16. The Morgan fingerprint density at radius 1 is 1.14 bits per heavy atom. The summed E-state index contributed by atoms with van der Waals surface area (Å²) in [5.74, 6) is 0.557. The molecule has 1 aromatic carbocycles. The smallest absolute Gasteiger partial charge is 0.243 e. The number of rotatable bonds is 4. The van der Waals surface area contributed by atoms with Crippen molar-refractivity contribution in [3.05, 3.63) is 54.9 Å². The second-order valence-electron chi connectivity index (χ2n) is 5.46. The normalized spacial score (nSPS) is 15.1. The van der Waals surface area contributed by atoms with E-state index in [0.29, 0.717) is 11.5 Å². The Bertz CT molecular complexity index is 882. The van der Waals surface area contributed by atoms with Crippen molar-refractivity contribution in [2.75, 3.05) is 4.31 Å². The third-order valence-electron chi connectivity index (χ3n) is 3.82. The summed E-state index contributed by atoms with van der Waals surface area (Å²) in [5.41, 5.74) is 1.47. The van der Waals surface area contributed by atoms with Crippen LogP contribution in [0, 0.1) is 0 Å². The van der Waals surface area contributed by atoms with Crippen molar-refractivity contribution >= 4 is 32.4 Å². The Labute approximate surface area is 128 Å². The van der Waals surface area contributed by atoms with E-state index in [1.165, 1.54) is 4.31 Å². The number of aromatic nitrogens is 2. The molecule has 5 nitrogen and oxygen atoms in total. The molecule has 22 heavy (non-hydrogen) atoms. The lowest BCUT2D eigenvalue weighted by molar-refractivity contribution is 0.594. The van der Waals surface area contributed by atoms with E-state index in [0.717, 1.165) is 23.7 Å². The number of pyridine rings is 1. The summed E-state index contributed by atoms with van der Waals surface area (Å²) in [5, 5.41) is 0.691. The molecule has 1 N–H and O–H groups in total. The van der Waals surface area contributed by atoms with Crippen LogP contribution in [0.25, 0.3) is 10.9 Å². The van der Waals surface area contributed by atoms with Crippen molar-refractivity contribution in [2.24, 2.45) is 0 Å². The highest BCUT2D eigenvalue weighted by Crippen LogP contribution is 2.38. The zero-order valence-electron chi connectivity index (χ0n) is 11.8. The van der Waals surface area contributed by atoms with Crippen LogP contribution in [0.5, 0.6) is 0 Å². The van der Waals surface area contributed by atoms with Crippen LogP contribution >= 0.6 is 0 Å². The first-order valence-corrected chi connectivity index (χ1v) is 8.68. The van der Waals surface area contributed by atoms with Crippen LogP contribution in [0.4, 0.5) is 11.5 Å². The minimum Gasteiger partial charge on any atom is -0.340 e. The number of sulfonamides is 1. The van der Waals surface area contributed by atoms with Crippen LogP contribution < -0.4 is 4.31 Å². The van der Waals surface area contributed by atoms with Crippen LogP contribution in [-0.2, 0) is 10.0 Å². The van der Waals surface area contributed by atoms with Crippen LogP contribution in [0.3, 0.4) is 0 Å². The fraction of sp³-hybridized carbons (Fsp3) is 0.188. The average Bonchev–Trinajstić information content (AvgIpc) is 3.30. The van der Waals surface area contributed by atoms with Crippen molar-refractivity contribution in [3.8, 4) is 0 Å². The largest absolute Gasteiger partial charge is 0.340 e. The molecular formula is C16H15N3O2S. The number of para-hydroxylation sites is 1. The number of H-pyrrole nitrogens is 1. The highest BCUT2D eigenvalue weighted by molar-refractivity contribution is 7.94. The molecule has 0 spiro atoms. The molecule has 1 fully saturated rings. The zero-order valence-corrected chi connectivity index (χ0v) is 12.6. The van der Waals surface area contributed by atoms with Gasteiger partial charge in [0.1, 0.15) is 5.82 Å². The predicted octanol–water partition coefficient (Wildman–Crippen LogP) is 3.19. The summed E-state index contributed by atoms with van der Waals surface area (Å²) in [6, 6.07) is 13.1. The van der Waals surface area contributed by atoms with E-state index in [1.807, 2.05) is 30.3 Å². The lowest BCUT2D eigenvalue weighted by atomic mass is 10.2. The van der Waals surface area contributed by atoms with Gasteiger partial charge in [-0.1, -0.05) is 18.2 Å². The molecule has 0 unspecified atom stereocenters. The molecular weight excluding hydrogens is 298 g/mol. The van der Waals surface area contributed by atoms with Gasteiger partial charge in [-0.25, -0.2) is 12.7 Å². The third-order valence-corrected chi connectivity index (χ3v) is 6.05. The van der Waals surface area contributed by atoms with E-state index in [1.54, 1.807) is 24.5 Å². The van der Waals surface area contributed by atoms with Gasteiger partial charge in [0.05, 0.1) is 17.1 Å². The molecule has 0 atom stereocenters. The number of aromatic amines is 1. The van der Waals surface area contributed by atoms with Gasteiger partial charge in [0.15, 0.2) is 0 Å². The molecule has 1 aliphatic rings. The molecule has 1 saturated carbocycles. The Kier molecular flexibility index (Phi) is 2.94. The SMILES string of the molecule is O=S(=O)(C1CC1)N(c1cccnc1)c1cc2ccccc2[nH]1. The molecule has 3 aromatic rings. The topological polar surface area (TPSA) is 66.1 Å². The quantitative estimate of drug-likeness (QED) is 0.804. The van der Waals surface area contributed by atoms with Crippen molar-refractivity contribution in [3.63, 3.8) is 0 Å². The van der Waals surface area contributed by atoms with E-state index in [9.17, 15) is 8.42 Å². The van der Waals surface area contributed by atoms with Crippen LogP contribution in [0.15, 0.2) is 54.9 Å². The number of nitrogens with one attached hydrogen (secondary N) is 1. The second-order valence-corrected chi connectivity index (χ2v) is 7.52. The lowest BCUT2D eigenvalue weighted by Crippen LogP contribution is -2.29. The number of hydrogen-bond donors (Lipinski definition) is 1. The summed E-state index contributed by atoms with van der Waals surface area (Å²) in [4.78, 5) is 7.26. The molecule has 112 valence electrons. The Hall–Kier alpha value is -2.34. The van der Waals surface area contributed by atoms with Crippen LogP contribution in [-0.4, -0.2) is 23.6 Å². The maximum atomic E-state index is 12.8. The maximum absolute atomic E-state index is 12.8. The van der Waals surface area contributed by atoms with Crippen molar-refractivity contribution < 1.29 is 8.42 Å². The zero-order chi connectivity index (χ0) is 15.2. The lowest BCUT2D eigenvalue weighted by Gasteiger charge is -2.22. The first-order chi connectivity index (χ1) is 10.7. The van der Waals surface area contributed by atoms with E-state index in [2.05, 4.69) is 9.97 Å². The first-order valence-electron chi connectivity index (χ1n) is 7.18. The van der Waals surface area contributed by atoms with Crippen molar-refractivity contribution in [1.82, 2.24) is 9.97 Å². The van der Waals surface area contributed by atoms with Gasteiger partial charge in [-0.2, -0.15) is 0 Å². The molecule has 0 radical (unpaired) electrons. The molecule has 2 heterocycles. The summed E-state index contributed by atoms with van der Waals surface area (Å²) in [6.45, 7) is 0. The Morgan fingerprint density at radius 3 is 2.64 bits per heavy atom. The van der Waals surface area contributed by atoms with Gasteiger partial charge < -0.3 is 4.98 Å². The molecule has 0 amide bonds. The second kappa shape index (κ2) is 4.84. The van der Waals surface area contributed by atoms with Crippen LogP contribution in [0.1, 0.15) is 12.8 Å². The molecule has 0 bridgehead atoms. The van der Waals surface area contributed by atoms with E-state index in [-0.39, 0.29) is 5.25 Å². The molecule has 1 aliphatic carbocycles. The van der Waals surface area contributed by atoms with Gasteiger partial charge in [-0.05, 0) is 37.1 Å². The van der Waals surface area contributed by atoms with Crippen LogP contribution in [0.2, 0.25) is 0 Å². The predicted molar refractivity (Wildman–Crippen MR) is 86.6 cm³/mol. The molecule has 4 rings (SSSR count). The molecule has 0 saturated heterocycles. The highest BCUT2D eigenvalue weighted by atomic mass is 32.2. The Morgan fingerprint density at radius 2 is 1.95 bits per heavy atom.